The first-order valence-electron chi connectivity index (χ1n) is 8.80. The van der Waals surface area contributed by atoms with Crippen molar-refractivity contribution in [2.45, 2.75) is 13.3 Å². The summed E-state index contributed by atoms with van der Waals surface area (Å²) in [5, 5.41) is 26.6. The summed E-state index contributed by atoms with van der Waals surface area (Å²) in [7, 11) is 0. The molecular weight excluding hydrogens is 372 g/mol. The van der Waals surface area contributed by atoms with Gasteiger partial charge in [0.15, 0.2) is 0 Å². The zero-order chi connectivity index (χ0) is 20.8. The molecule has 0 amide bonds. The molecule has 0 saturated carbocycles. The van der Waals surface area contributed by atoms with Crippen molar-refractivity contribution in [2.75, 3.05) is 5.43 Å². The fourth-order valence-electron chi connectivity index (χ4n) is 2.75. The van der Waals surface area contributed by atoms with Crippen LogP contribution in [0.5, 0.6) is 0 Å². The molecule has 146 valence electrons. The lowest BCUT2D eigenvalue weighted by Crippen LogP contribution is -2.09. The maximum atomic E-state index is 11.3. The molecule has 29 heavy (non-hydrogen) atoms. The van der Waals surface area contributed by atoms with Crippen molar-refractivity contribution in [3.8, 4) is 0 Å². The van der Waals surface area contributed by atoms with Gasteiger partial charge in [0.25, 0.3) is 5.69 Å². The Balaban J connectivity index is 1.97. The molecule has 3 aromatic carbocycles. The maximum absolute atomic E-state index is 11.3. The number of nitrogens with zero attached hydrogens (tertiary/aromatic N) is 3. The average Bonchev–Trinajstić information content (AvgIpc) is 2.72. The Bertz CT molecular complexity index is 1060. The highest BCUT2D eigenvalue weighted by Crippen LogP contribution is 2.29. The summed E-state index contributed by atoms with van der Waals surface area (Å²) in [6.07, 6.45) is 0.512. The molecule has 8 heteroatoms. The third-order valence-corrected chi connectivity index (χ3v) is 4.30. The van der Waals surface area contributed by atoms with Crippen LogP contribution < -0.4 is 5.43 Å². The molecule has 0 spiro atoms. The number of hydrogen-bond donors (Lipinski definition) is 1. The smallest absolute Gasteiger partial charge is 0.271 e. The van der Waals surface area contributed by atoms with Crippen LogP contribution in [0.1, 0.15) is 16.7 Å². The second-order valence-electron chi connectivity index (χ2n) is 6.41. The number of nitrogens with one attached hydrogen (secondary N) is 1. The summed E-state index contributed by atoms with van der Waals surface area (Å²) >= 11 is 0. The third-order valence-electron chi connectivity index (χ3n) is 4.30. The molecule has 0 aliphatic heterocycles. The lowest BCUT2D eigenvalue weighted by atomic mass is 10.0. The second kappa shape index (κ2) is 8.75. The van der Waals surface area contributed by atoms with E-state index in [2.05, 4.69) is 10.5 Å². The van der Waals surface area contributed by atoms with Gasteiger partial charge in [0, 0.05) is 12.5 Å². The molecule has 0 aliphatic carbocycles. The molecule has 0 heterocycles. The van der Waals surface area contributed by atoms with Crippen LogP contribution in [0.3, 0.4) is 0 Å². The van der Waals surface area contributed by atoms with Crippen LogP contribution in [0.25, 0.3) is 0 Å². The summed E-state index contributed by atoms with van der Waals surface area (Å²) in [5.41, 5.74) is 5.73. The van der Waals surface area contributed by atoms with E-state index in [1.165, 1.54) is 12.1 Å². The summed E-state index contributed by atoms with van der Waals surface area (Å²) in [6.45, 7) is 1.98. The van der Waals surface area contributed by atoms with Gasteiger partial charge in [-0.15, -0.1) is 0 Å². The monoisotopic (exact) mass is 390 g/mol. The molecular formula is C21H18N4O4. The quantitative estimate of drug-likeness (QED) is 0.351. The topological polar surface area (TPSA) is 111 Å². The number of rotatable bonds is 7. The Hall–Kier alpha value is -4.07. The van der Waals surface area contributed by atoms with Crippen molar-refractivity contribution in [1.82, 2.24) is 0 Å². The Labute approximate surface area is 166 Å². The highest BCUT2D eigenvalue weighted by molar-refractivity contribution is 6.02. The van der Waals surface area contributed by atoms with Crippen LogP contribution in [0, 0.1) is 27.2 Å². The number of nitro benzene ring substituents is 2. The first-order valence-corrected chi connectivity index (χ1v) is 8.80. The van der Waals surface area contributed by atoms with E-state index >= 15 is 0 Å². The number of anilines is 1. The van der Waals surface area contributed by atoms with Crippen LogP contribution in [-0.4, -0.2) is 15.6 Å². The van der Waals surface area contributed by atoms with Gasteiger partial charge in [0.05, 0.1) is 21.6 Å². The SMILES string of the molecule is Cc1ccc(/C(Cc2ccccc2)=N/Nc2ccc([N+](=O)[O-])cc2[N+](=O)[O-])cc1. The Kier molecular flexibility index (Phi) is 5.94. The molecule has 0 saturated heterocycles. The third kappa shape index (κ3) is 5.01. The minimum atomic E-state index is -0.673. The Morgan fingerprint density at radius 3 is 2.24 bits per heavy atom. The molecule has 0 aromatic heterocycles. The number of nitro groups is 2. The fourth-order valence-corrected chi connectivity index (χ4v) is 2.75. The van der Waals surface area contributed by atoms with Crippen LogP contribution in [0.15, 0.2) is 77.9 Å². The van der Waals surface area contributed by atoms with Crippen molar-refractivity contribution in [1.29, 1.82) is 0 Å². The zero-order valence-corrected chi connectivity index (χ0v) is 15.6. The number of hydrogen-bond acceptors (Lipinski definition) is 6. The van der Waals surface area contributed by atoms with Gasteiger partial charge in [0.1, 0.15) is 5.69 Å². The van der Waals surface area contributed by atoms with Gasteiger partial charge < -0.3 is 0 Å². The molecule has 0 fully saturated rings. The van der Waals surface area contributed by atoms with Crippen molar-refractivity contribution in [2.24, 2.45) is 5.10 Å². The van der Waals surface area contributed by atoms with E-state index in [1.54, 1.807) is 0 Å². The largest absolute Gasteiger partial charge is 0.301 e. The van der Waals surface area contributed by atoms with Crippen molar-refractivity contribution >= 4 is 22.8 Å². The van der Waals surface area contributed by atoms with Crippen LogP contribution in [0.2, 0.25) is 0 Å². The Morgan fingerprint density at radius 1 is 0.931 bits per heavy atom. The molecule has 0 bridgehead atoms. The van der Waals surface area contributed by atoms with E-state index in [-0.39, 0.29) is 11.4 Å². The molecule has 8 nitrogen and oxygen atoms in total. The van der Waals surface area contributed by atoms with Gasteiger partial charge in [0.2, 0.25) is 0 Å². The molecule has 0 aliphatic rings. The zero-order valence-electron chi connectivity index (χ0n) is 15.6. The van der Waals surface area contributed by atoms with Gasteiger partial charge in [-0.3, -0.25) is 25.7 Å². The standard InChI is InChI=1S/C21H18N4O4/c1-15-7-9-17(10-8-15)20(13-16-5-3-2-4-6-16)23-22-19-12-11-18(24(26)27)14-21(19)25(28)29/h2-12,14,22H,13H2,1H3/b23-20+. The normalized spacial score (nSPS) is 11.1. The summed E-state index contributed by atoms with van der Waals surface area (Å²) in [4.78, 5) is 20.9. The number of hydrazone groups is 1. The van der Waals surface area contributed by atoms with Crippen molar-refractivity contribution < 1.29 is 9.85 Å². The molecule has 1 N–H and O–H groups in total. The summed E-state index contributed by atoms with van der Waals surface area (Å²) < 4.78 is 0. The number of aryl methyl sites for hydroxylation is 1. The van der Waals surface area contributed by atoms with E-state index in [9.17, 15) is 20.2 Å². The number of benzene rings is 3. The van der Waals surface area contributed by atoms with Gasteiger partial charge in [-0.1, -0.05) is 60.2 Å². The minimum Gasteiger partial charge on any atom is -0.271 e. The molecule has 0 radical (unpaired) electrons. The first-order chi connectivity index (χ1) is 13.9. The van der Waals surface area contributed by atoms with Crippen molar-refractivity contribution in [3.05, 3.63) is 110 Å². The lowest BCUT2D eigenvalue weighted by molar-refractivity contribution is -0.393. The molecule has 0 atom stereocenters. The molecule has 3 aromatic rings. The van der Waals surface area contributed by atoms with E-state index in [1.807, 2.05) is 61.5 Å². The fraction of sp³-hybridized carbons (Fsp3) is 0.0952. The van der Waals surface area contributed by atoms with Gasteiger partial charge >= 0.3 is 5.69 Å². The number of non-ortho nitro benzene ring substituents is 1. The van der Waals surface area contributed by atoms with Crippen LogP contribution in [-0.2, 0) is 6.42 Å². The van der Waals surface area contributed by atoms with Gasteiger partial charge in [-0.2, -0.15) is 5.10 Å². The molecule has 0 unspecified atom stereocenters. The van der Waals surface area contributed by atoms with Gasteiger partial charge in [-0.25, -0.2) is 0 Å². The van der Waals surface area contributed by atoms with Crippen molar-refractivity contribution in [3.63, 3.8) is 0 Å². The van der Waals surface area contributed by atoms with E-state index in [4.69, 9.17) is 0 Å². The maximum Gasteiger partial charge on any atom is 0.301 e. The first kappa shape index (κ1) is 19.7. The predicted octanol–water partition coefficient (Wildman–Crippen LogP) is 4.87. The van der Waals surface area contributed by atoms with E-state index < -0.39 is 15.5 Å². The highest BCUT2D eigenvalue weighted by atomic mass is 16.6. The van der Waals surface area contributed by atoms with E-state index in [0.29, 0.717) is 12.1 Å². The highest BCUT2D eigenvalue weighted by Gasteiger charge is 2.19. The lowest BCUT2D eigenvalue weighted by Gasteiger charge is -2.09. The second-order valence-corrected chi connectivity index (χ2v) is 6.41. The van der Waals surface area contributed by atoms with Crippen LogP contribution in [0.4, 0.5) is 17.1 Å². The van der Waals surface area contributed by atoms with Crippen LogP contribution >= 0.6 is 0 Å². The summed E-state index contributed by atoms with van der Waals surface area (Å²) in [6, 6.07) is 20.9. The summed E-state index contributed by atoms with van der Waals surface area (Å²) in [5.74, 6) is 0. The predicted molar refractivity (Wildman–Crippen MR) is 111 cm³/mol. The molecule has 3 rings (SSSR count). The average molecular weight is 390 g/mol. The van der Waals surface area contributed by atoms with Gasteiger partial charge in [-0.05, 0) is 24.1 Å². The Morgan fingerprint density at radius 2 is 1.62 bits per heavy atom. The minimum absolute atomic E-state index is 0.0817. The van der Waals surface area contributed by atoms with E-state index in [0.717, 1.165) is 22.8 Å².